The Kier molecular flexibility index (Phi) is 9.38. The van der Waals surface area contributed by atoms with Crippen LogP contribution in [-0.2, 0) is 32.0 Å². The Balaban J connectivity index is 1.70. The van der Waals surface area contributed by atoms with Crippen molar-refractivity contribution in [3.05, 3.63) is 17.2 Å². The van der Waals surface area contributed by atoms with E-state index in [2.05, 4.69) is 10.6 Å². The number of nitrogens with one attached hydrogen (secondary N) is 2. The third kappa shape index (κ3) is 6.16. The van der Waals surface area contributed by atoms with Crippen LogP contribution in [0.25, 0.3) is 0 Å². The molecule has 1 heterocycles. The van der Waals surface area contributed by atoms with Gasteiger partial charge in [-0.05, 0) is 43.2 Å². The van der Waals surface area contributed by atoms with E-state index in [1.54, 1.807) is 7.11 Å². The van der Waals surface area contributed by atoms with Gasteiger partial charge in [0.25, 0.3) is 0 Å². The summed E-state index contributed by atoms with van der Waals surface area (Å²) in [5.74, 6) is -0.275. The highest BCUT2D eigenvalue weighted by Crippen LogP contribution is 2.45. The summed E-state index contributed by atoms with van der Waals surface area (Å²) in [5.41, 5.74) is 0.536. The van der Waals surface area contributed by atoms with Crippen molar-refractivity contribution in [1.82, 2.24) is 10.6 Å². The molecule has 11 nitrogen and oxygen atoms in total. The SMILES string of the molecule is COc1cc2c(c(OC)c1OC)CCC(C(=O)NC(CO)C(=O)NC(CC(C)C)C(=O)C1(CO)CO1)C2. The van der Waals surface area contributed by atoms with Crippen LogP contribution in [0.2, 0.25) is 0 Å². The van der Waals surface area contributed by atoms with E-state index in [9.17, 15) is 24.6 Å². The van der Waals surface area contributed by atoms with Crippen LogP contribution in [0.4, 0.5) is 0 Å². The molecular formula is C26H38N2O9. The van der Waals surface area contributed by atoms with Crippen LogP contribution in [0.15, 0.2) is 6.07 Å². The standard InChI is InChI=1S/C26H38N2O9/c1-14(2)8-18(23(31)26(12-30)13-37-26)27-25(33)19(11-29)28-24(32)15-6-7-17-16(9-15)10-20(34-3)22(36-5)21(17)35-4/h10,14-15,18-19,29-30H,6-9,11-13H2,1-5H3,(H,27,33)(H,28,32). The Morgan fingerprint density at radius 1 is 1.08 bits per heavy atom. The summed E-state index contributed by atoms with van der Waals surface area (Å²) in [6.07, 6.45) is 1.78. The van der Waals surface area contributed by atoms with Gasteiger partial charge in [-0.25, -0.2) is 0 Å². The maximum absolute atomic E-state index is 13.1. The van der Waals surface area contributed by atoms with Crippen LogP contribution >= 0.6 is 0 Å². The van der Waals surface area contributed by atoms with Crippen molar-refractivity contribution in [2.24, 2.45) is 11.8 Å². The molecule has 1 saturated heterocycles. The zero-order chi connectivity index (χ0) is 27.3. The van der Waals surface area contributed by atoms with E-state index in [4.69, 9.17) is 18.9 Å². The summed E-state index contributed by atoms with van der Waals surface area (Å²) in [4.78, 5) is 39.0. The van der Waals surface area contributed by atoms with Crippen molar-refractivity contribution >= 4 is 17.6 Å². The van der Waals surface area contributed by atoms with Crippen LogP contribution in [0.1, 0.15) is 37.8 Å². The molecule has 4 atom stereocenters. The number of epoxide rings is 1. The largest absolute Gasteiger partial charge is 0.493 e. The zero-order valence-electron chi connectivity index (χ0n) is 22.1. The van der Waals surface area contributed by atoms with Crippen LogP contribution in [0.3, 0.4) is 0 Å². The quantitative estimate of drug-likeness (QED) is 0.265. The van der Waals surface area contributed by atoms with Crippen molar-refractivity contribution in [1.29, 1.82) is 0 Å². The third-order valence-corrected chi connectivity index (χ3v) is 6.96. The first-order valence-corrected chi connectivity index (χ1v) is 12.5. The fraction of sp³-hybridized carbons (Fsp3) is 0.654. The summed E-state index contributed by atoms with van der Waals surface area (Å²) < 4.78 is 21.6. The van der Waals surface area contributed by atoms with Crippen molar-refractivity contribution in [3.63, 3.8) is 0 Å². The van der Waals surface area contributed by atoms with Crippen LogP contribution in [0, 0.1) is 11.8 Å². The monoisotopic (exact) mass is 522 g/mol. The highest BCUT2D eigenvalue weighted by Gasteiger charge is 2.54. The van der Waals surface area contributed by atoms with Gasteiger partial charge in [0.1, 0.15) is 6.04 Å². The number of carbonyl (C=O) groups is 3. The van der Waals surface area contributed by atoms with Crippen LogP contribution in [-0.4, -0.2) is 86.6 Å². The van der Waals surface area contributed by atoms with Gasteiger partial charge in [0, 0.05) is 11.5 Å². The van der Waals surface area contributed by atoms with E-state index in [1.807, 2.05) is 19.9 Å². The topological polar surface area (TPSA) is 156 Å². The van der Waals surface area contributed by atoms with E-state index in [1.165, 1.54) is 14.2 Å². The van der Waals surface area contributed by atoms with E-state index in [-0.39, 0.29) is 18.4 Å². The summed E-state index contributed by atoms with van der Waals surface area (Å²) in [5, 5.41) is 24.7. The Hall–Kier alpha value is -2.89. The van der Waals surface area contributed by atoms with Gasteiger partial charge in [-0.1, -0.05) is 13.8 Å². The molecule has 206 valence electrons. The molecule has 0 radical (unpaired) electrons. The minimum Gasteiger partial charge on any atom is -0.493 e. The average molecular weight is 523 g/mol. The van der Waals surface area contributed by atoms with Gasteiger partial charge >= 0.3 is 0 Å². The predicted octanol–water partition coefficient (Wildman–Crippen LogP) is 0.156. The van der Waals surface area contributed by atoms with Gasteiger partial charge in [-0.2, -0.15) is 0 Å². The number of carbonyl (C=O) groups excluding carboxylic acids is 3. The lowest BCUT2D eigenvalue weighted by Crippen LogP contribution is -2.56. The number of hydrogen-bond acceptors (Lipinski definition) is 9. The van der Waals surface area contributed by atoms with Crippen molar-refractivity contribution in [2.45, 2.75) is 57.2 Å². The number of methoxy groups -OCH3 is 3. The molecule has 2 amide bonds. The molecule has 37 heavy (non-hydrogen) atoms. The maximum Gasteiger partial charge on any atom is 0.245 e. The number of Topliss-reactive ketones (excluding diaryl/α,β-unsaturated/α-hetero) is 1. The number of ether oxygens (including phenoxy) is 4. The lowest BCUT2D eigenvalue weighted by atomic mass is 9.82. The maximum atomic E-state index is 13.1. The van der Waals surface area contributed by atoms with E-state index < -0.39 is 48.5 Å². The zero-order valence-corrected chi connectivity index (χ0v) is 22.1. The summed E-state index contributed by atoms with van der Waals surface area (Å²) in [6.45, 7) is 2.79. The summed E-state index contributed by atoms with van der Waals surface area (Å²) in [7, 11) is 4.61. The molecule has 0 spiro atoms. The van der Waals surface area contributed by atoms with Gasteiger partial charge in [-0.3, -0.25) is 14.4 Å². The molecule has 1 aromatic rings. The van der Waals surface area contributed by atoms with Gasteiger partial charge in [0.2, 0.25) is 17.6 Å². The normalized spacial score (nSPS) is 21.9. The Bertz CT molecular complexity index is 1010. The molecule has 4 N–H and O–H groups in total. The van der Waals surface area contributed by atoms with Crippen molar-refractivity contribution in [3.8, 4) is 17.2 Å². The fourth-order valence-electron chi connectivity index (χ4n) is 4.81. The Morgan fingerprint density at radius 3 is 2.27 bits per heavy atom. The second kappa shape index (κ2) is 12.1. The van der Waals surface area contributed by atoms with E-state index in [0.29, 0.717) is 42.9 Å². The number of rotatable bonds is 13. The first-order chi connectivity index (χ1) is 17.6. The number of fused-ring (bicyclic) bond motifs is 1. The lowest BCUT2D eigenvalue weighted by Gasteiger charge is -2.29. The first kappa shape index (κ1) is 28.7. The highest BCUT2D eigenvalue weighted by atomic mass is 16.6. The first-order valence-electron chi connectivity index (χ1n) is 12.5. The molecule has 1 aromatic carbocycles. The number of aliphatic hydroxyl groups excluding tert-OH is 2. The highest BCUT2D eigenvalue weighted by molar-refractivity contribution is 5.98. The average Bonchev–Trinajstić information content (AvgIpc) is 3.70. The number of aliphatic hydroxyl groups is 2. The summed E-state index contributed by atoms with van der Waals surface area (Å²) >= 11 is 0. The van der Waals surface area contributed by atoms with Crippen LogP contribution in [0.5, 0.6) is 17.2 Å². The van der Waals surface area contributed by atoms with E-state index in [0.717, 1.165) is 11.1 Å². The Morgan fingerprint density at radius 2 is 1.76 bits per heavy atom. The number of ketones is 1. The van der Waals surface area contributed by atoms with E-state index >= 15 is 0 Å². The number of benzene rings is 1. The van der Waals surface area contributed by atoms with Gasteiger partial charge in [0.15, 0.2) is 22.9 Å². The Labute approximate surface area is 216 Å². The fourth-order valence-corrected chi connectivity index (χ4v) is 4.81. The summed E-state index contributed by atoms with van der Waals surface area (Å²) in [6, 6.07) is -0.322. The second-order valence-corrected chi connectivity index (χ2v) is 9.96. The molecule has 1 aliphatic heterocycles. The molecule has 3 rings (SSSR count). The minimum atomic E-state index is -1.29. The van der Waals surface area contributed by atoms with Crippen molar-refractivity contribution in [2.75, 3.05) is 41.2 Å². The molecule has 0 bridgehead atoms. The van der Waals surface area contributed by atoms with Crippen molar-refractivity contribution < 1.29 is 43.5 Å². The molecule has 1 fully saturated rings. The molecule has 11 heteroatoms. The molecular weight excluding hydrogens is 484 g/mol. The molecule has 0 saturated carbocycles. The smallest absolute Gasteiger partial charge is 0.245 e. The number of hydrogen-bond donors (Lipinski definition) is 4. The number of amides is 2. The van der Waals surface area contributed by atoms with Gasteiger partial charge in [0.05, 0.1) is 47.2 Å². The van der Waals surface area contributed by atoms with Gasteiger partial charge in [-0.15, -0.1) is 0 Å². The predicted molar refractivity (Wildman–Crippen MR) is 133 cm³/mol. The third-order valence-electron chi connectivity index (χ3n) is 6.96. The molecule has 1 aliphatic carbocycles. The van der Waals surface area contributed by atoms with Gasteiger partial charge < -0.3 is 39.8 Å². The molecule has 2 aliphatic rings. The van der Waals surface area contributed by atoms with Crippen LogP contribution < -0.4 is 24.8 Å². The lowest BCUT2D eigenvalue weighted by molar-refractivity contribution is -0.135. The molecule has 0 aromatic heterocycles. The molecule has 4 unspecified atom stereocenters. The second-order valence-electron chi connectivity index (χ2n) is 9.96. The minimum absolute atomic E-state index is 0.0702.